The minimum absolute atomic E-state index is 0.0981. The van der Waals surface area contributed by atoms with Gasteiger partial charge in [0.1, 0.15) is 0 Å². The fraction of sp³-hybridized carbons (Fsp3) is 0.875. The highest BCUT2D eigenvalue weighted by Gasteiger charge is 2.28. The van der Waals surface area contributed by atoms with Gasteiger partial charge < -0.3 is 10.4 Å². The summed E-state index contributed by atoms with van der Waals surface area (Å²) in [5, 5.41) is 11.9. The smallest absolute Gasteiger partial charge is 0.306 e. The van der Waals surface area contributed by atoms with Gasteiger partial charge in [-0.2, -0.15) is 0 Å². The molecule has 0 bridgehead atoms. The van der Waals surface area contributed by atoms with E-state index >= 15 is 0 Å². The molecule has 2 N–H and O–H groups in total. The fourth-order valence-electron chi connectivity index (χ4n) is 1.68. The van der Waals surface area contributed by atoms with Crippen LogP contribution in [-0.2, 0) is 4.79 Å². The summed E-state index contributed by atoms with van der Waals surface area (Å²) in [5.74, 6) is -0.732. The molecule has 0 aliphatic heterocycles. The molecule has 1 aliphatic carbocycles. The third-order valence-corrected chi connectivity index (χ3v) is 2.27. The molecule has 0 aromatic heterocycles. The van der Waals surface area contributed by atoms with E-state index in [1.807, 2.05) is 6.92 Å². The van der Waals surface area contributed by atoms with E-state index in [-0.39, 0.29) is 5.92 Å². The number of hydrogen-bond acceptors (Lipinski definition) is 2. The van der Waals surface area contributed by atoms with E-state index in [4.69, 9.17) is 5.11 Å². The highest BCUT2D eigenvalue weighted by molar-refractivity contribution is 5.70. The molecule has 2 atom stereocenters. The molecule has 0 amide bonds. The molecule has 1 saturated carbocycles. The third-order valence-electron chi connectivity index (χ3n) is 2.27. The molecular weight excluding hydrogens is 142 g/mol. The van der Waals surface area contributed by atoms with Crippen LogP contribution in [0.4, 0.5) is 0 Å². The third kappa shape index (κ3) is 2.19. The van der Waals surface area contributed by atoms with Crippen molar-refractivity contribution in [1.29, 1.82) is 0 Å². The lowest BCUT2D eigenvalue weighted by Crippen LogP contribution is -2.26. The van der Waals surface area contributed by atoms with Crippen molar-refractivity contribution in [1.82, 2.24) is 5.32 Å². The van der Waals surface area contributed by atoms with Gasteiger partial charge in [-0.05, 0) is 25.8 Å². The van der Waals surface area contributed by atoms with Gasteiger partial charge >= 0.3 is 5.97 Å². The number of carboxylic acids is 1. The maximum absolute atomic E-state index is 10.5. The summed E-state index contributed by atoms with van der Waals surface area (Å²) in [5.41, 5.74) is 0. The molecule has 0 unspecified atom stereocenters. The highest BCUT2D eigenvalue weighted by atomic mass is 16.4. The Labute approximate surface area is 66.8 Å². The Bertz CT molecular complexity index is 147. The van der Waals surface area contributed by atoms with E-state index in [0.717, 1.165) is 25.8 Å². The first-order valence-electron chi connectivity index (χ1n) is 4.20. The van der Waals surface area contributed by atoms with Crippen molar-refractivity contribution in [3.8, 4) is 0 Å². The van der Waals surface area contributed by atoms with E-state index in [0.29, 0.717) is 6.04 Å². The Balaban J connectivity index is 2.29. The molecule has 0 heterocycles. The molecule has 0 spiro atoms. The number of rotatable bonds is 3. The summed E-state index contributed by atoms with van der Waals surface area (Å²) in [4.78, 5) is 10.5. The first-order valence-corrected chi connectivity index (χ1v) is 4.20. The van der Waals surface area contributed by atoms with Crippen molar-refractivity contribution in [3.05, 3.63) is 0 Å². The molecule has 3 nitrogen and oxygen atoms in total. The predicted octanol–water partition coefficient (Wildman–Crippen LogP) is 0.849. The SMILES string of the molecule is CCN[C@@H]1CC[C@H](C(=O)O)C1. The fourth-order valence-corrected chi connectivity index (χ4v) is 1.68. The monoisotopic (exact) mass is 157 g/mol. The van der Waals surface area contributed by atoms with Gasteiger partial charge in [-0.1, -0.05) is 6.92 Å². The molecular formula is C8H15NO2. The van der Waals surface area contributed by atoms with Crippen LogP contribution in [0.1, 0.15) is 26.2 Å². The lowest BCUT2D eigenvalue weighted by Gasteiger charge is -2.08. The second-order valence-electron chi connectivity index (χ2n) is 3.10. The molecule has 3 heteroatoms. The summed E-state index contributed by atoms with van der Waals surface area (Å²) < 4.78 is 0. The number of carbonyl (C=O) groups is 1. The van der Waals surface area contributed by atoms with Gasteiger partial charge in [-0.25, -0.2) is 0 Å². The van der Waals surface area contributed by atoms with Crippen LogP contribution in [0.5, 0.6) is 0 Å². The summed E-state index contributed by atoms with van der Waals surface area (Å²) in [6, 6.07) is 0.445. The number of hydrogen-bond donors (Lipinski definition) is 2. The van der Waals surface area contributed by atoms with E-state index < -0.39 is 5.97 Å². The zero-order chi connectivity index (χ0) is 8.27. The van der Waals surface area contributed by atoms with Crippen LogP contribution in [0, 0.1) is 5.92 Å². The lowest BCUT2D eigenvalue weighted by molar-refractivity contribution is -0.141. The molecule has 64 valence electrons. The Morgan fingerprint density at radius 3 is 2.82 bits per heavy atom. The molecule has 0 radical (unpaired) electrons. The largest absolute Gasteiger partial charge is 0.481 e. The van der Waals surface area contributed by atoms with Gasteiger partial charge in [0.25, 0.3) is 0 Å². The van der Waals surface area contributed by atoms with Gasteiger partial charge in [0.05, 0.1) is 5.92 Å². The van der Waals surface area contributed by atoms with Gasteiger partial charge in [0, 0.05) is 6.04 Å². The molecule has 0 aromatic rings. The maximum Gasteiger partial charge on any atom is 0.306 e. The molecule has 1 rings (SSSR count). The van der Waals surface area contributed by atoms with Crippen LogP contribution in [0.25, 0.3) is 0 Å². The molecule has 0 aromatic carbocycles. The normalized spacial score (nSPS) is 30.6. The summed E-state index contributed by atoms with van der Waals surface area (Å²) in [6.45, 7) is 2.99. The minimum atomic E-state index is -0.634. The highest BCUT2D eigenvalue weighted by Crippen LogP contribution is 2.25. The predicted molar refractivity (Wildman–Crippen MR) is 42.4 cm³/mol. The Kier molecular flexibility index (Phi) is 2.88. The number of carboxylic acid groups (broad SMARTS) is 1. The first-order chi connectivity index (χ1) is 5.24. The van der Waals surface area contributed by atoms with E-state index in [1.54, 1.807) is 0 Å². The average Bonchev–Trinajstić information content (AvgIpc) is 2.37. The molecule has 11 heavy (non-hydrogen) atoms. The average molecular weight is 157 g/mol. The maximum atomic E-state index is 10.5. The van der Waals surface area contributed by atoms with Crippen molar-refractivity contribution < 1.29 is 9.90 Å². The van der Waals surface area contributed by atoms with Crippen LogP contribution in [-0.4, -0.2) is 23.7 Å². The van der Waals surface area contributed by atoms with Gasteiger partial charge in [0.15, 0.2) is 0 Å². The van der Waals surface area contributed by atoms with Gasteiger partial charge in [-0.3, -0.25) is 4.79 Å². The first kappa shape index (κ1) is 8.53. The van der Waals surface area contributed by atoms with E-state index in [2.05, 4.69) is 5.32 Å². The van der Waals surface area contributed by atoms with Crippen LogP contribution in [0.2, 0.25) is 0 Å². The Hall–Kier alpha value is -0.570. The second kappa shape index (κ2) is 3.72. The van der Waals surface area contributed by atoms with Gasteiger partial charge in [0.2, 0.25) is 0 Å². The van der Waals surface area contributed by atoms with Crippen molar-refractivity contribution in [3.63, 3.8) is 0 Å². The summed E-state index contributed by atoms with van der Waals surface area (Å²) >= 11 is 0. The molecule has 1 aliphatic rings. The van der Waals surface area contributed by atoms with Crippen LogP contribution >= 0.6 is 0 Å². The van der Waals surface area contributed by atoms with Crippen LogP contribution < -0.4 is 5.32 Å². The minimum Gasteiger partial charge on any atom is -0.481 e. The van der Waals surface area contributed by atoms with Gasteiger partial charge in [-0.15, -0.1) is 0 Å². The molecule has 1 fully saturated rings. The Morgan fingerprint density at radius 2 is 2.36 bits per heavy atom. The van der Waals surface area contributed by atoms with Crippen molar-refractivity contribution in [2.45, 2.75) is 32.2 Å². The van der Waals surface area contributed by atoms with Crippen molar-refractivity contribution in [2.24, 2.45) is 5.92 Å². The zero-order valence-corrected chi connectivity index (χ0v) is 6.84. The quantitative estimate of drug-likeness (QED) is 0.638. The second-order valence-corrected chi connectivity index (χ2v) is 3.10. The molecule has 0 saturated heterocycles. The standard InChI is InChI=1S/C8H15NO2/c1-2-9-7-4-3-6(5-7)8(10)11/h6-7,9H,2-5H2,1H3,(H,10,11)/t6-,7+/m0/s1. The van der Waals surface area contributed by atoms with E-state index in [1.165, 1.54) is 0 Å². The number of nitrogens with one attached hydrogen (secondary N) is 1. The van der Waals surface area contributed by atoms with E-state index in [9.17, 15) is 4.79 Å². The van der Waals surface area contributed by atoms with Crippen LogP contribution in [0.3, 0.4) is 0 Å². The zero-order valence-electron chi connectivity index (χ0n) is 6.84. The summed E-state index contributed by atoms with van der Waals surface area (Å²) in [7, 11) is 0. The topological polar surface area (TPSA) is 49.3 Å². The van der Waals surface area contributed by atoms with Crippen molar-refractivity contribution in [2.75, 3.05) is 6.54 Å². The van der Waals surface area contributed by atoms with Crippen molar-refractivity contribution >= 4 is 5.97 Å². The number of aliphatic carboxylic acids is 1. The van der Waals surface area contributed by atoms with Crippen LogP contribution in [0.15, 0.2) is 0 Å². The Morgan fingerprint density at radius 1 is 1.64 bits per heavy atom. The summed E-state index contributed by atoms with van der Waals surface area (Å²) in [6.07, 6.45) is 2.67. The lowest BCUT2D eigenvalue weighted by atomic mass is 10.1.